The standard InChI is InChI=1S/C24H28N6O2.C5H10.C3H8.C2H6.CH3NO/c1-12(10-25)27-24(32)17-5-3-4-16(9-17)22-29-21-20(18(31)11-26-23(21)30-22)28-19-13(2)14-6-7-15(19)8-14;1-2-4-5-3-1;1-3-2;1-2;2-1-3/h3-7,9,11-15,19,31H,8,10,25H2,1-2H3,(H,27,32)(H2,26,28,29,30);1-5H2;3H2,1-2H3;1-2H3;1H,(H2,2,3). The summed E-state index contributed by atoms with van der Waals surface area (Å²) in [5.41, 5.74) is 12.9. The topological polar surface area (TPSA) is 172 Å². The molecular formula is C35H55N7O3. The molecule has 3 aliphatic carbocycles. The summed E-state index contributed by atoms with van der Waals surface area (Å²) in [6.45, 7) is 12.7. The average molecular weight is 622 g/mol. The van der Waals surface area contributed by atoms with E-state index in [4.69, 9.17) is 10.5 Å². The number of carbonyl (C=O) groups excluding carboxylic acids is 2. The summed E-state index contributed by atoms with van der Waals surface area (Å²) in [6.07, 6.45) is 16.2. The first kappa shape index (κ1) is 37.3. The number of hydrogen-bond acceptors (Lipinski definition) is 7. The fraction of sp³-hybridized carbons (Fsp3) is 0.543. The number of aromatic nitrogens is 3. The normalized spacial score (nSPS) is 21.0. The number of nitrogens with one attached hydrogen (secondary N) is 3. The van der Waals surface area contributed by atoms with Crippen molar-refractivity contribution in [2.45, 2.75) is 98.6 Å². The van der Waals surface area contributed by atoms with E-state index in [1.165, 1.54) is 44.7 Å². The van der Waals surface area contributed by atoms with Crippen LogP contribution in [0.1, 0.15) is 96.8 Å². The van der Waals surface area contributed by atoms with Gasteiger partial charge in [0.15, 0.2) is 11.4 Å². The Morgan fingerprint density at radius 2 is 1.73 bits per heavy atom. The molecule has 45 heavy (non-hydrogen) atoms. The molecule has 10 nitrogen and oxygen atoms in total. The van der Waals surface area contributed by atoms with E-state index in [0.717, 1.165) is 12.0 Å². The molecule has 2 heterocycles. The van der Waals surface area contributed by atoms with Crippen molar-refractivity contribution in [3.05, 3.63) is 48.2 Å². The number of anilines is 1. The zero-order valence-corrected chi connectivity index (χ0v) is 28.0. The Labute approximate surface area is 268 Å². The number of nitrogens with two attached hydrogens (primary N) is 2. The van der Waals surface area contributed by atoms with Crippen LogP contribution in [0, 0.1) is 17.8 Å². The van der Waals surface area contributed by atoms with Crippen LogP contribution in [0.15, 0.2) is 42.6 Å². The Kier molecular flexibility index (Phi) is 16.1. The summed E-state index contributed by atoms with van der Waals surface area (Å²) in [6, 6.07) is 7.39. The van der Waals surface area contributed by atoms with Gasteiger partial charge in [0, 0.05) is 29.8 Å². The molecule has 5 atom stereocenters. The molecule has 0 saturated heterocycles. The zero-order chi connectivity index (χ0) is 33.4. The van der Waals surface area contributed by atoms with E-state index in [1.54, 1.807) is 12.1 Å². The minimum atomic E-state index is -0.183. The highest BCUT2D eigenvalue weighted by molar-refractivity contribution is 5.96. The Bertz CT molecular complexity index is 1340. The van der Waals surface area contributed by atoms with Crippen LogP contribution in [-0.4, -0.2) is 51.0 Å². The number of imidazole rings is 1. The minimum absolute atomic E-state index is 0.0931. The van der Waals surface area contributed by atoms with Crippen LogP contribution >= 0.6 is 0 Å². The van der Waals surface area contributed by atoms with Gasteiger partial charge in [0.25, 0.3) is 5.91 Å². The molecule has 6 rings (SSSR count). The second-order valence-corrected chi connectivity index (χ2v) is 11.6. The van der Waals surface area contributed by atoms with Gasteiger partial charge in [-0.2, -0.15) is 0 Å². The van der Waals surface area contributed by atoms with Crippen molar-refractivity contribution in [1.29, 1.82) is 0 Å². The highest BCUT2D eigenvalue weighted by Gasteiger charge is 2.42. The number of allylic oxidation sites excluding steroid dienone is 1. The molecule has 10 heteroatoms. The number of amides is 2. The van der Waals surface area contributed by atoms with Crippen molar-refractivity contribution in [3.63, 3.8) is 0 Å². The van der Waals surface area contributed by atoms with Gasteiger partial charge in [-0.25, -0.2) is 9.97 Å². The molecule has 2 saturated carbocycles. The van der Waals surface area contributed by atoms with E-state index < -0.39 is 0 Å². The van der Waals surface area contributed by atoms with Crippen molar-refractivity contribution in [2.75, 3.05) is 11.9 Å². The largest absolute Gasteiger partial charge is 0.504 e. The van der Waals surface area contributed by atoms with Crippen LogP contribution in [0.2, 0.25) is 0 Å². The van der Waals surface area contributed by atoms with E-state index in [1.807, 2.05) is 32.9 Å². The van der Waals surface area contributed by atoms with Gasteiger partial charge in [0.1, 0.15) is 17.0 Å². The first-order chi connectivity index (χ1) is 21.8. The van der Waals surface area contributed by atoms with Gasteiger partial charge >= 0.3 is 0 Å². The molecule has 0 radical (unpaired) electrons. The number of rotatable bonds is 6. The number of hydrogen-bond donors (Lipinski definition) is 6. The van der Waals surface area contributed by atoms with Gasteiger partial charge < -0.3 is 32.2 Å². The third-order valence-electron chi connectivity index (χ3n) is 8.04. The molecule has 2 fully saturated rings. The molecule has 8 N–H and O–H groups in total. The molecule has 3 aliphatic rings. The lowest BCUT2D eigenvalue weighted by Crippen LogP contribution is -2.37. The second kappa shape index (κ2) is 19.5. The van der Waals surface area contributed by atoms with Crippen LogP contribution < -0.4 is 22.1 Å². The third-order valence-corrected chi connectivity index (χ3v) is 8.04. The van der Waals surface area contributed by atoms with Gasteiger partial charge in [-0.3, -0.25) is 9.59 Å². The third kappa shape index (κ3) is 10.3. The molecule has 248 valence electrons. The van der Waals surface area contributed by atoms with Crippen LogP contribution in [0.3, 0.4) is 0 Å². The van der Waals surface area contributed by atoms with E-state index >= 15 is 0 Å². The van der Waals surface area contributed by atoms with Gasteiger partial charge in [0.2, 0.25) is 6.41 Å². The van der Waals surface area contributed by atoms with Crippen LogP contribution in [-0.2, 0) is 4.79 Å². The maximum absolute atomic E-state index is 12.5. The maximum Gasteiger partial charge on any atom is 0.251 e. The summed E-state index contributed by atoms with van der Waals surface area (Å²) in [7, 11) is 0. The number of H-pyrrole nitrogens is 1. The molecule has 5 unspecified atom stereocenters. The van der Waals surface area contributed by atoms with E-state index in [9.17, 15) is 9.90 Å². The molecule has 2 amide bonds. The molecule has 2 bridgehead atoms. The summed E-state index contributed by atoms with van der Waals surface area (Å²) in [4.78, 5) is 33.3. The number of aromatic hydroxyl groups is 1. The SMILES string of the molecule is C1CCCC1.CC.CC(CN)NC(=O)c1cccc(-c2nc3ncc(O)c(NC4C5C=CC(C5)C4C)c3[nH]2)c1.CCC.NC=O. The van der Waals surface area contributed by atoms with Crippen molar-refractivity contribution in [1.82, 2.24) is 20.3 Å². The zero-order valence-electron chi connectivity index (χ0n) is 28.0. The first-order valence-electron chi connectivity index (χ1n) is 16.6. The second-order valence-electron chi connectivity index (χ2n) is 11.6. The Morgan fingerprint density at radius 1 is 1.13 bits per heavy atom. The van der Waals surface area contributed by atoms with Crippen LogP contribution in [0.5, 0.6) is 5.75 Å². The Hall–Kier alpha value is -3.92. The smallest absolute Gasteiger partial charge is 0.251 e. The highest BCUT2D eigenvalue weighted by Crippen LogP contribution is 2.46. The summed E-state index contributed by atoms with van der Waals surface area (Å²) < 4.78 is 0. The monoisotopic (exact) mass is 621 g/mol. The highest BCUT2D eigenvalue weighted by atomic mass is 16.3. The van der Waals surface area contributed by atoms with E-state index in [2.05, 4.69) is 64.2 Å². The number of fused-ring (bicyclic) bond motifs is 3. The molecular weight excluding hydrogens is 566 g/mol. The lowest BCUT2D eigenvalue weighted by atomic mass is 9.90. The van der Waals surface area contributed by atoms with Crippen molar-refractivity contribution in [3.8, 4) is 17.1 Å². The lowest BCUT2D eigenvalue weighted by molar-refractivity contribution is -0.106. The van der Waals surface area contributed by atoms with Crippen molar-refractivity contribution < 1.29 is 14.7 Å². The maximum atomic E-state index is 12.5. The number of carbonyl (C=O) groups is 2. The van der Waals surface area contributed by atoms with E-state index in [0.29, 0.717) is 52.5 Å². The van der Waals surface area contributed by atoms with Crippen molar-refractivity contribution in [2.24, 2.45) is 29.2 Å². The summed E-state index contributed by atoms with van der Waals surface area (Å²) in [5, 5.41) is 17.0. The van der Waals surface area contributed by atoms with Gasteiger partial charge in [-0.1, -0.05) is 97.4 Å². The van der Waals surface area contributed by atoms with Gasteiger partial charge in [-0.05, 0) is 43.2 Å². The number of benzene rings is 1. The van der Waals surface area contributed by atoms with Gasteiger partial charge in [-0.15, -0.1) is 0 Å². The van der Waals surface area contributed by atoms with Crippen LogP contribution in [0.4, 0.5) is 5.69 Å². The number of aromatic amines is 1. The molecule has 2 aromatic heterocycles. The fourth-order valence-corrected chi connectivity index (χ4v) is 5.76. The molecule has 3 aromatic rings. The number of pyridine rings is 1. The first-order valence-corrected chi connectivity index (χ1v) is 16.6. The minimum Gasteiger partial charge on any atom is -0.504 e. The molecule has 1 aromatic carbocycles. The number of nitrogens with zero attached hydrogens (tertiary/aromatic N) is 2. The quantitative estimate of drug-likeness (QED) is 0.134. The average Bonchev–Trinajstić information content (AvgIpc) is 3.88. The van der Waals surface area contributed by atoms with E-state index in [-0.39, 0.29) is 30.2 Å². The Morgan fingerprint density at radius 3 is 2.29 bits per heavy atom. The summed E-state index contributed by atoms with van der Waals surface area (Å²) in [5.74, 6) is 2.04. The fourth-order valence-electron chi connectivity index (χ4n) is 5.76. The Balaban J connectivity index is 0.000000462. The number of primary amides is 1. The lowest BCUT2D eigenvalue weighted by Gasteiger charge is -2.27. The molecule has 0 spiro atoms. The molecule has 0 aliphatic heterocycles. The summed E-state index contributed by atoms with van der Waals surface area (Å²) >= 11 is 0. The predicted octanol–water partition coefficient (Wildman–Crippen LogP) is 6.52. The van der Waals surface area contributed by atoms with Crippen LogP contribution in [0.25, 0.3) is 22.6 Å². The predicted molar refractivity (Wildman–Crippen MR) is 185 cm³/mol. The van der Waals surface area contributed by atoms with Gasteiger partial charge in [0.05, 0.1) is 6.20 Å². The van der Waals surface area contributed by atoms with Crippen molar-refractivity contribution >= 4 is 29.2 Å².